The molecule has 2 unspecified atom stereocenters. The minimum atomic E-state index is -4.46. The van der Waals surface area contributed by atoms with Crippen molar-refractivity contribution >= 4 is 17.0 Å². The SMILES string of the molecule is Cc1nc2c(N3CCN(C(c4ccc(C(F)(F)F)cc4)C4CC(F)(F)C4)CC3C)nc(=O)[nH]c2n1C. The molecule has 1 aliphatic carbocycles. The number of fused-ring (bicyclic) bond motifs is 1. The summed E-state index contributed by atoms with van der Waals surface area (Å²) in [5.74, 6) is -1.93. The number of aryl methyl sites for hydroxylation is 2. The fourth-order valence-electron chi connectivity index (χ4n) is 5.52. The first-order valence-electron chi connectivity index (χ1n) is 11.8. The second-order valence-corrected chi connectivity index (χ2v) is 9.91. The maximum atomic E-state index is 13.8. The molecule has 3 aromatic rings. The van der Waals surface area contributed by atoms with Crippen LogP contribution in [0, 0.1) is 12.8 Å². The summed E-state index contributed by atoms with van der Waals surface area (Å²) in [5, 5.41) is 0. The van der Waals surface area contributed by atoms with Crippen LogP contribution in [0.25, 0.3) is 11.2 Å². The van der Waals surface area contributed by atoms with Gasteiger partial charge in [-0.3, -0.25) is 9.88 Å². The molecule has 5 rings (SSSR count). The Hall–Kier alpha value is -3.02. The van der Waals surface area contributed by atoms with Crippen LogP contribution < -0.4 is 10.6 Å². The number of anilines is 1. The number of hydrogen-bond acceptors (Lipinski definition) is 5. The van der Waals surface area contributed by atoms with E-state index < -0.39 is 29.4 Å². The lowest BCUT2D eigenvalue weighted by Crippen LogP contribution is -2.56. The zero-order valence-corrected chi connectivity index (χ0v) is 20.1. The maximum absolute atomic E-state index is 13.8. The second-order valence-electron chi connectivity index (χ2n) is 9.91. The lowest BCUT2D eigenvalue weighted by molar-refractivity contribution is -0.137. The Bertz CT molecular complexity index is 1320. The van der Waals surface area contributed by atoms with Crippen molar-refractivity contribution in [1.82, 2.24) is 24.4 Å². The average molecular weight is 511 g/mol. The molecule has 1 saturated carbocycles. The number of aromatic amines is 1. The molecule has 194 valence electrons. The van der Waals surface area contributed by atoms with Crippen molar-refractivity contribution in [2.45, 2.75) is 50.9 Å². The van der Waals surface area contributed by atoms with Gasteiger partial charge in [-0.15, -0.1) is 0 Å². The maximum Gasteiger partial charge on any atom is 0.416 e. The molecule has 2 atom stereocenters. The molecule has 1 aromatic carbocycles. The number of nitrogens with one attached hydrogen (secondary N) is 1. The molecular weight excluding hydrogens is 483 g/mol. The molecule has 2 aliphatic rings. The van der Waals surface area contributed by atoms with E-state index in [1.54, 1.807) is 11.6 Å². The van der Waals surface area contributed by atoms with E-state index >= 15 is 0 Å². The summed E-state index contributed by atoms with van der Waals surface area (Å²) >= 11 is 0. The van der Waals surface area contributed by atoms with Gasteiger partial charge in [0.1, 0.15) is 17.0 Å². The monoisotopic (exact) mass is 510 g/mol. The van der Waals surface area contributed by atoms with Crippen LogP contribution in [0.5, 0.6) is 0 Å². The first-order chi connectivity index (χ1) is 16.8. The van der Waals surface area contributed by atoms with E-state index in [1.165, 1.54) is 12.1 Å². The van der Waals surface area contributed by atoms with E-state index in [0.29, 0.717) is 42.2 Å². The molecule has 12 heteroatoms. The zero-order valence-electron chi connectivity index (χ0n) is 20.1. The Morgan fingerprint density at radius 1 is 1.11 bits per heavy atom. The number of benzene rings is 1. The summed E-state index contributed by atoms with van der Waals surface area (Å²) in [6, 6.07) is 4.26. The molecule has 0 radical (unpaired) electrons. The summed E-state index contributed by atoms with van der Waals surface area (Å²) in [6.45, 7) is 5.18. The lowest BCUT2D eigenvalue weighted by Gasteiger charge is -2.49. The molecule has 1 saturated heterocycles. The summed E-state index contributed by atoms with van der Waals surface area (Å²) in [6.07, 6.45) is -5.05. The molecule has 2 aromatic heterocycles. The number of imidazole rings is 1. The fourth-order valence-corrected chi connectivity index (χ4v) is 5.52. The van der Waals surface area contributed by atoms with Crippen LogP contribution in [0.2, 0.25) is 0 Å². The number of piperazine rings is 1. The first-order valence-corrected chi connectivity index (χ1v) is 11.8. The van der Waals surface area contributed by atoms with Crippen LogP contribution in [0.3, 0.4) is 0 Å². The van der Waals surface area contributed by atoms with Crippen LogP contribution in [0.1, 0.15) is 42.8 Å². The van der Waals surface area contributed by atoms with Crippen LogP contribution in [-0.4, -0.2) is 56.0 Å². The Morgan fingerprint density at radius 2 is 1.78 bits per heavy atom. The van der Waals surface area contributed by atoms with Crippen LogP contribution in [-0.2, 0) is 13.2 Å². The van der Waals surface area contributed by atoms with Gasteiger partial charge in [-0.05, 0) is 37.5 Å². The van der Waals surface area contributed by atoms with Crippen molar-refractivity contribution in [3.8, 4) is 0 Å². The van der Waals surface area contributed by atoms with Gasteiger partial charge in [0.25, 0.3) is 0 Å². The molecule has 0 amide bonds. The fraction of sp³-hybridized carbons (Fsp3) is 0.542. The third-order valence-corrected chi connectivity index (χ3v) is 7.44. The van der Waals surface area contributed by atoms with E-state index in [0.717, 1.165) is 18.0 Å². The van der Waals surface area contributed by atoms with Gasteiger partial charge in [0.15, 0.2) is 5.82 Å². The highest BCUT2D eigenvalue weighted by atomic mass is 19.4. The number of aromatic nitrogens is 4. The standard InChI is InChI=1S/C24H27F5N6O/c1-13-12-34(8-9-35(13)21-18-20(31-22(36)32-21)33(3)14(2)30-18)19(16-10-23(25,26)11-16)15-4-6-17(7-5-15)24(27,28)29/h4-7,13,16,19H,8-12H2,1-3H3,(H,31,32,36). The van der Waals surface area contributed by atoms with Crippen molar-refractivity contribution < 1.29 is 22.0 Å². The van der Waals surface area contributed by atoms with E-state index in [-0.39, 0.29) is 24.8 Å². The summed E-state index contributed by atoms with van der Waals surface area (Å²) < 4.78 is 68.6. The van der Waals surface area contributed by atoms with E-state index in [4.69, 9.17) is 0 Å². The molecule has 1 N–H and O–H groups in total. The van der Waals surface area contributed by atoms with Crippen LogP contribution in [0.15, 0.2) is 29.1 Å². The first kappa shape index (κ1) is 24.7. The third-order valence-electron chi connectivity index (χ3n) is 7.44. The predicted octanol–water partition coefficient (Wildman–Crippen LogP) is 4.28. The Labute approximate surface area is 203 Å². The highest BCUT2D eigenvalue weighted by Crippen LogP contribution is 2.50. The van der Waals surface area contributed by atoms with Crippen molar-refractivity contribution in [2.75, 3.05) is 24.5 Å². The van der Waals surface area contributed by atoms with Gasteiger partial charge < -0.3 is 9.47 Å². The lowest BCUT2D eigenvalue weighted by atomic mass is 9.73. The van der Waals surface area contributed by atoms with Gasteiger partial charge in [0.05, 0.1) is 5.56 Å². The molecule has 0 spiro atoms. The van der Waals surface area contributed by atoms with Crippen molar-refractivity contribution in [1.29, 1.82) is 0 Å². The molecule has 2 fully saturated rings. The zero-order chi connectivity index (χ0) is 26.0. The van der Waals surface area contributed by atoms with E-state index in [2.05, 4.69) is 19.9 Å². The van der Waals surface area contributed by atoms with Crippen molar-refractivity contribution in [3.63, 3.8) is 0 Å². The topological polar surface area (TPSA) is 70.1 Å². The number of halogens is 5. The minimum Gasteiger partial charge on any atom is -0.349 e. The molecule has 7 nitrogen and oxygen atoms in total. The molecule has 1 aliphatic heterocycles. The minimum absolute atomic E-state index is 0.143. The largest absolute Gasteiger partial charge is 0.416 e. The number of alkyl halides is 5. The summed E-state index contributed by atoms with van der Waals surface area (Å²) in [7, 11) is 1.80. The summed E-state index contributed by atoms with van der Waals surface area (Å²) in [5.41, 5.74) is 0.483. The molecule has 0 bridgehead atoms. The molecular formula is C24H27F5N6O. The highest BCUT2D eigenvalue weighted by Gasteiger charge is 2.50. The van der Waals surface area contributed by atoms with Gasteiger partial charge in [-0.25, -0.2) is 18.6 Å². The smallest absolute Gasteiger partial charge is 0.349 e. The highest BCUT2D eigenvalue weighted by molar-refractivity contribution is 5.84. The van der Waals surface area contributed by atoms with Crippen molar-refractivity contribution in [2.24, 2.45) is 13.0 Å². The summed E-state index contributed by atoms with van der Waals surface area (Å²) in [4.78, 5) is 27.8. The third kappa shape index (κ3) is 4.35. The number of rotatable bonds is 4. The number of nitrogens with zero attached hydrogens (tertiary/aromatic N) is 5. The Kier molecular flexibility index (Phi) is 5.85. The predicted molar refractivity (Wildman–Crippen MR) is 124 cm³/mol. The van der Waals surface area contributed by atoms with E-state index in [9.17, 15) is 26.7 Å². The molecule has 3 heterocycles. The average Bonchev–Trinajstić information content (AvgIpc) is 3.06. The van der Waals surface area contributed by atoms with Gasteiger partial charge in [0.2, 0.25) is 5.92 Å². The Morgan fingerprint density at radius 3 is 2.36 bits per heavy atom. The Balaban J connectivity index is 1.43. The van der Waals surface area contributed by atoms with Gasteiger partial charge >= 0.3 is 11.9 Å². The van der Waals surface area contributed by atoms with Gasteiger partial charge in [0, 0.05) is 51.6 Å². The molecule has 36 heavy (non-hydrogen) atoms. The normalized spacial score (nSPS) is 22.1. The van der Waals surface area contributed by atoms with Gasteiger partial charge in [-0.1, -0.05) is 12.1 Å². The van der Waals surface area contributed by atoms with Crippen LogP contribution >= 0.6 is 0 Å². The van der Waals surface area contributed by atoms with Gasteiger partial charge in [-0.2, -0.15) is 18.2 Å². The number of hydrogen-bond donors (Lipinski definition) is 1. The quantitative estimate of drug-likeness (QED) is 0.531. The van der Waals surface area contributed by atoms with Crippen molar-refractivity contribution in [3.05, 3.63) is 51.7 Å². The number of H-pyrrole nitrogens is 1. The second kappa shape index (κ2) is 8.53. The van der Waals surface area contributed by atoms with Crippen LogP contribution in [0.4, 0.5) is 27.8 Å². The van der Waals surface area contributed by atoms with E-state index in [1.807, 2.05) is 18.7 Å².